The first kappa shape index (κ1) is 30.0. The van der Waals surface area contributed by atoms with E-state index < -0.39 is 41.1 Å². The summed E-state index contributed by atoms with van der Waals surface area (Å²) in [7, 11) is 1.30. The fourth-order valence-corrected chi connectivity index (χ4v) is 6.82. The van der Waals surface area contributed by atoms with Crippen LogP contribution in [0.4, 0.5) is 15.8 Å². The summed E-state index contributed by atoms with van der Waals surface area (Å²) in [5.74, 6) is -3.85. The number of allylic oxidation sites excluding steroid dienone is 4. The Morgan fingerprint density at radius 1 is 1.21 bits per heavy atom. The first-order valence-electron chi connectivity index (χ1n) is 13.6. The molecule has 7 nitrogen and oxygen atoms in total. The number of anilines is 2. The summed E-state index contributed by atoms with van der Waals surface area (Å²) < 4.78 is 21.4. The molecule has 3 aliphatic rings. The molecule has 2 fully saturated rings. The zero-order chi connectivity index (χ0) is 30.6. The summed E-state index contributed by atoms with van der Waals surface area (Å²) in [6, 6.07) is 11.1. The van der Waals surface area contributed by atoms with Gasteiger partial charge in [-0.25, -0.2) is 9.18 Å². The molecular formula is C32H32Cl2FN3O4. The van der Waals surface area contributed by atoms with Crippen LogP contribution in [0.2, 0.25) is 5.02 Å². The Labute approximate surface area is 254 Å². The number of carbonyl (C=O) groups is 3. The number of hydrogen-bond donors (Lipinski definition) is 1. The van der Waals surface area contributed by atoms with E-state index in [2.05, 4.69) is 11.9 Å². The van der Waals surface area contributed by atoms with Gasteiger partial charge in [0.15, 0.2) is 0 Å². The number of amides is 2. The molecule has 10 heteroatoms. The summed E-state index contributed by atoms with van der Waals surface area (Å²) in [5, 5.41) is 3.58. The number of fused-ring (bicyclic) bond motifs is 3. The Bertz CT molecular complexity index is 1530. The van der Waals surface area contributed by atoms with Crippen LogP contribution in [0.15, 0.2) is 78.1 Å². The summed E-state index contributed by atoms with van der Waals surface area (Å²) in [4.78, 5) is 44.0. The minimum Gasteiger partial charge on any atom is -0.465 e. The summed E-state index contributed by atoms with van der Waals surface area (Å²) in [5.41, 5.74) is 0.186. The Hall–Kier alpha value is -3.46. The normalized spacial score (nSPS) is 25.7. The fraction of sp³-hybridized carbons (Fsp3) is 0.344. The van der Waals surface area contributed by atoms with Gasteiger partial charge in [0.2, 0.25) is 11.8 Å². The lowest BCUT2D eigenvalue weighted by molar-refractivity contribution is -0.130. The third-order valence-corrected chi connectivity index (χ3v) is 8.42. The van der Waals surface area contributed by atoms with Crippen molar-refractivity contribution in [1.29, 1.82) is 0 Å². The summed E-state index contributed by atoms with van der Waals surface area (Å²) in [6.45, 7) is 10.4. The maximum atomic E-state index is 16.6. The third-order valence-electron chi connectivity index (χ3n) is 8.06. The van der Waals surface area contributed by atoms with Gasteiger partial charge in [0.05, 0.1) is 24.5 Å². The molecule has 2 saturated heterocycles. The first-order valence-corrected chi connectivity index (χ1v) is 14.3. The number of esters is 1. The molecule has 1 N–H and O–H groups in total. The molecule has 0 bridgehead atoms. The number of rotatable bonds is 6. The van der Waals surface area contributed by atoms with Crippen molar-refractivity contribution in [2.45, 2.75) is 32.4 Å². The lowest BCUT2D eigenvalue weighted by atomic mass is 9.73. The molecular weight excluding hydrogens is 580 g/mol. The molecule has 0 radical (unpaired) electrons. The Morgan fingerprint density at radius 3 is 2.52 bits per heavy atom. The minimum atomic E-state index is -1.49. The molecule has 4 atom stereocenters. The van der Waals surface area contributed by atoms with Crippen molar-refractivity contribution >= 4 is 52.4 Å². The monoisotopic (exact) mass is 611 g/mol. The second-order valence-electron chi connectivity index (χ2n) is 12.0. The van der Waals surface area contributed by atoms with Crippen LogP contribution in [0.5, 0.6) is 0 Å². The number of hydrogen-bond acceptors (Lipinski definition) is 5. The number of likely N-dealkylation sites (tertiary alicyclic amines) is 1. The zero-order valence-electron chi connectivity index (χ0n) is 23.8. The van der Waals surface area contributed by atoms with Crippen molar-refractivity contribution in [3.63, 3.8) is 0 Å². The highest BCUT2D eigenvalue weighted by atomic mass is 35.5. The Kier molecular flexibility index (Phi) is 7.85. The Balaban J connectivity index is 1.68. The standard InChI is InChI=1S/C32H32Cl2FN3O4/c1-18(33)7-6-8-23(35)27-26-25(16-37(28(26)39)21-12-9-19(10-13-21)29(40)42-5)38(17-31(2,3)4)32(27)22-14-11-20(34)15-24(22)36-30(32)41/h6-15,25-27H,1,16-17H2,2-5H3,(H,36,41)/b7-6-,23-8-/t25-,26+,27-,32+/m0/s1. The lowest BCUT2D eigenvalue weighted by Crippen LogP contribution is -2.56. The van der Waals surface area contributed by atoms with E-state index in [-0.39, 0.29) is 22.9 Å². The minimum absolute atomic E-state index is 0.213. The molecule has 0 saturated carbocycles. The number of methoxy groups -OCH3 is 1. The maximum Gasteiger partial charge on any atom is 0.337 e. The summed E-state index contributed by atoms with van der Waals surface area (Å²) in [6.07, 6.45) is 4.12. The van der Waals surface area contributed by atoms with E-state index in [9.17, 15) is 14.4 Å². The topological polar surface area (TPSA) is 79.0 Å². The van der Waals surface area contributed by atoms with E-state index in [4.69, 9.17) is 27.9 Å². The highest BCUT2D eigenvalue weighted by Crippen LogP contribution is 2.60. The van der Waals surface area contributed by atoms with Crippen LogP contribution in [-0.4, -0.2) is 48.9 Å². The number of halogens is 3. The molecule has 3 heterocycles. The first-order chi connectivity index (χ1) is 19.8. The van der Waals surface area contributed by atoms with Gasteiger partial charge < -0.3 is 15.0 Å². The highest BCUT2D eigenvalue weighted by Gasteiger charge is 2.71. The van der Waals surface area contributed by atoms with Crippen LogP contribution in [-0.2, 0) is 19.9 Å². The van der Waals surface area contributed by atoms with Gasteiger partial charge in [-0.2, -0.15) is 0 Å². The van der Waals surface area contributed by atoms with Gasteiger partial charge >= 0.3 is 5.97 Å². The molecule has 3 aliphatic heterocycles. The van der Waals surface area contributed by atoms with Gasteiger partial charge in [0.25, 0.3) is 0 Å². The number of carbonyl (C=O) groups excluding carboxylic acids is 3. The molecule has 0 aromatic heterocycles. The van der Waals surface area contributed by atoms with Gasteiger partial charge in [0.1, 0.15) is 11.4 Å². The van der Waals surface area contributed by atoms with Crippen molar-refractivity contribution in [1.82, 2.24) is 4.90 Å². The van der Waals surface area contributed by atoms with Crippen LogP contribution in [0.1, 0.15) is 36.7 Å². The quantitative estimate of drug-likeness (QED) is 0.300. The van der Waals surface area contributed by atoms with Crippen molar-refractivity contribution in [3.05, 3.63) is 94.3 Å². The lowest BCUT2D eigenvalue weighted by Gasteiger charge is -2.43. The van der Waals surface area contributed by atoms with Gasteiger partial charge in [-0.05, 0) is 54.0 Å². The predicted molar refractivity (Wildman–Crippen MR) is 162 cm³/mol. The van der Waals surface area contributed by atoms with Crippen molar-refractivity contribution in [3.8, 4) is 0 Å². The molecule has 1 spiro atoms. The maximum absolute atomic E-state index is 16.6. The van der Waals surface area contributed by atoms with Gasteiger partial charge in [-0.1, -0.05) is 62.7 Å². The number of nitrogens with zero attached hydrogens (tertiary/aromatic N) is 2. The second-order valence-corrected chi connectivity index (χ2v) is 12.9. The van der Waals surface area contributed by atoms with Crippen LogP contribution < -0.4 is 10.2 Å². The van der Waals surface area contributed by atoms with Gasteiger partial charge in [-0.15, -0.1) is 0 Å². The smallest absolute Gasteiger partial charge is 0.337 e. The fourth-order valence-electron chi connectivity index (χ4n) is 6.58. The van der Waals surface area contributed by atoms with Crippen LogP contribution in [0, 0.1) is 17.3 Å². The molecule has 2 aromatic rings. The largest absolute Gasteiger partial charge is 0.465 e. The molecule has 0 aliphatic carbocycles. The molecule has 0 unspecified atom stereocenters. The highest BCUT2D eigenvalue weighted by molar-refractivity contribution is 6.31. The Morgan fingerprint density at radius 2 is 1.90 bits per heavy atom. The SMILES string of the molecule is C=C(Cl)/C=C\C=C(/F)[C@H]1[C@@H]2C(=O)N(c3ccc(C(=O)OC)cc3)C[C@@H]2N(CC(C)(C)C)[C@@]12C(=O)Nc1cc(Cl)ccc12. The van der Waals surface area contributed by atoms with Crippen LogP contribution in [0.25, 0.3) is 0 Å². The average molecular weight is 613 g/mol. The molecule has 5 rings (SSSR count). The third kappa shape index (κ3) is 4.95. The van der Waals surface area contributed by atoms with Gasteiger partial charge in [0, 0.05) is 46.1 Å². The van der Waals surface area contributed by atoms with E-state index >= 15 is 4.39 Å². The predicted octanol–water partition coefficient (Wildman–Crippen LogP) is 6.45. The van der Waals surface area contributed by atoms with E-state index in [1.54, 1.807) is 47.4 Å². The number of ether oxygens (including phenoxy) is 1. The molecule has 220 valence electrons. The van der Waals surface area contributed by atoms with Gasteiger partial charge in [-0.3, -0.25) is 14.5 Å². The van der Waals surface area contributed by atoms with E-state index in [1.165, 1.54) is 25.3 Å². The second kappa shape index (κ2) is 11.0. The average Bonchev–Trinajstić information content (AvgIpc) is 3.50. The number of benzene rings is 2. The van der Waals surface area contributed by atoms with Crippen molar-refractivity contribution < 1.29 is 23.5 Å². The van der Waals surface area contributed by atoms with E-state index in [0.29, 0.717) is 34.1 Å². The van der Waals surface area contributed by atoms with Crippen molar-refractivity contribution in [2.75, 3.05) is 30.4 Å². The van der Waals surface area contributed by atoms with E-state index in [1.807, 2.05) is 25.7 Å². The van der Waals surface area contributed by atoms with Crippen molar-refractivity contribution in [2.24, 2.45) is 17.3 Å². The molecule has 2 aromatic carbocycles. The van der Waals surface area contributed by atoms with Crippen LogP contribution >= 0.6 is 23.2 Å². The zero-order valence-corrected chi connectivity index (χ0v) is 25.3. The number of nitrogens with one attached hydrogen (secondary N) is 1. The van der Waals surface area contributed by atoms with Crippen LogP contribution in [0.3, 0.4) is 0 Å². The van der Waals surface area contributed by atoms with E-state index in [0.717, 1.165) is 0 Å². The summed E-state index contributed by atoms with van der Waals surface area (Å²) >= 11 is 12.2. The molecule has 2 amide bonds. The molecule has 42 heavy (non-hydrogen) atoms.